The quantitative estimate of drug-likeness (QED) is 0.686. The maximum absolute atomic E-state index is 12.9. The van der Waals surface area contributed by atoms with E-state index in [-0.39, 0.29) is 11.1 Å². The molecule has 7 heteroatoms. The van der Waals surface area contributed by atoms with Crippen LogP contribution in [0.1, 0.15) is 18.1 Å². The van der Waals surface area contributed by atoms with Gasteiger partial charge in [0, 0.05) is 7.05 Å². The SMILES string of the molecule is CNC(=O)C(C#N)C(=O)C=C(C)c1ccccc1C(F)(F)F. The Kier molecular flexibility index (Phi) is 5.46. The Bertz CT molecular complexity index is 657. The van der Waals surface area contributed by atoms with Gasteiger partial charge in [-0.05, 0) is 30.2 Å². The number of carbonyl (C=O) groups excluding carboxylic acids is 2. The van der Waals surface area contributed by atoms with Gasteiger partial charge in [0.15, 0.2) is 11.7 Å². The zero-order chi connectivity index (χ0) is 16.9. The molecule has 1 atom stereocenters. The van der Waals surface area contributed by atoms with Crippen molar-refractivity contribution < 1.29 is 22.8 Å². The Morgan fingerprint density at radius 2 is 1.91 bits per heavy atom. The van der Waals surface area contributed by atoms with E-state index in [1.54, 1.807) is 0 Å². The molecule has 0 aliphatic carbocycles. The number of carbonyl (C=O) groups is 2. The standard InChI is InChI=1S/C15H13F3N2O2/c1-9(7-13(21)11(8-19)14(22)20-2)10-5-3-4-6-12(10)15(16,17)18/h3-7,11H,1-2H3,(H,20,22). The molecular formula is C15H13F3N2O2. The largest absolute Gasteiger partial charge is 0.416 e. The molecule has 0 saturated carbocycles. The number of hydrogen-bond acceptors (Lipinski definition) is 3. The lowest BCUT2D eigenvalue weighted by molar-refractivity contribution is -0.138. The summed E-state index contributed by atoms with van der Waals surface area (Å²) >= 11 is 0. The molecule has 0 heterocycles. The summed E-state index contributed by atoms with van der Waals surface area (Å²) < 4.78 is 38.8. The lowest BCUT2D eigenvalue weighted by atomic mass is 9.96. The van der Waals surface area contributed by atoms with Crippen LogP contribution in [0.5, 0.6) is 0 Å². The maximum Gasteiger partial charge on any atom is 0.416 e. The number of amides is 1. The van der Waals surface area contributed by atoms with E-state index in [4.69, 9.17) is 5.26 Å². The number of rotatable bonds is 4. The number of ketones is 1. The number of allylic oxidation sites excluding steroid dienone is 2. The molecule has 0 bridgehead atoms. The van der Waals surface area contributed by atoms with E-state index in [2.05, 4.69) is 5.32 Å². The van der Waals surface area contributed by atoms with Gasteiger partial charge < -0.3 is 5.32 Å². The van der Waals surface area contributed by atoms with Crippen molar-refractivity contribution in [1.29, 1.82) is 5.26 Å². The number of alkyl halides is 3. The van der Waals surface area contributed by atoms with E-state index in [1.165, 1.54) is 38.2 Å². The number of nitriles is 1. The van der Waals surface area contributed by atoms with E-state index in [0.717, 1.165) is 12.1 Å². The third kappa shape index (κ3) is 3.95. The summed E-state index contributed by atoms with van der Waals surface area (Å²) in [4.78, 5) is 23.2. The minimum atomic E-state index is -4.57. The van der Waals surface area contributed by atoms with Gasteiger partial charge in [0.1, 0.15) is 0 Å². The van der Waals surface area contributed by atoms with Crippen molar-refractivity contribution in [2.24, 2.45) is 5.92 Å². The molecule has 0 spiro atoms. The molecule has 22 heavy (non-hydrogen) atoms. The van der Waals surface area contributed by atoms with Crippen LogP contribution in [0, 0.1) is 17.2 Å². The van der Waals surface area contributed by atoms with Crippen LogP contribution in [0.2, 0.25) is 0 Å². The second-order valence-corrected chi connectivity index (χ2v) is 4.45. The van der Waals surface area contributed by atoms with E-state index in [1.807, 2.05) is 0 Å². The molecule has 0 aliphatic rings. The van der Waals surface area contributed by atoms with Gasteiger partial charge in [0.25, 0.3) is 0 Å². The molecule has 1 rings (SSSR count). The first-order valence-electron chi connectivity index (χ1n) is 6.22. The lowest BCUT2D eigenvalue weighted by Crippen LogP contribution is -2.31. The van der Waals surface area contributed by atoms with Crippen LogP contribution in [0.25, 0.3) is 5.57 Å². The van der Waals surface area contributed by atoms with Crippen molar-refractivity contribution in [3.8, 4) is 6.07 Å². The molecule has 0 saturated heterocycles. The Balaban J connectivity index is 3.22. The van der Waals surface area contributed by atoms with E-state index in [9.17, 15) is 22.8 Å². The maximum atomic E-state index is 12.9. The fraction of sp³-hybridized carbons (Fsp3) is 0.267. The van der Waals surface area contributed by atoms with Crippen molar-refractivity contribution in [3.63, 3.8) is 0 Å². The minimum Gasteiger partial charge on any atom is -0.358 e. The first kappa shape index (κ1) is 17.4. The molecule has 0 aromatic heterocycles. The van der Waals surface area contributed by atoms with Crippen LogP contribution in [-0.2, 0) is 15.8 Å². The Morgan fingerprint density at radius 1 is 1.32 bits per heavy atom. The van der Waals surface area contributed by atoms with Gasteiger partial charge in [0.05, 0.1) is 11.6 Å². The van der Waals surface area contributed by atoms with Gasteiger partial charge in [-0.25, -0.2) is 0 Å². The first-order chi connectivity index (χ1) is 10.2. The van der Waals surface area contributed by atoms with Gasteiger partial charge in [-0.3, -0.25) is 9.59 Å². The first-order valence-corrected chi connectivity index (χ1v) is 6.22. The molecule has 1 aromatic carbocycles. The highest BCUT2D eigenvalue weighted by Gasteiger charge is 2.33. The highest BCUT2D eigenvalue weighted by Crippen LogP contribution is 2.34. The van der Waals surface area contributed by atoms with Gasteiger partial charge in [-0.2, -0.15) is 18.4 Å². The second kappa shape index (κ2) is 6.89. The number of nitrogens with zero attached hydrogens (tertiary/aromatic N) is 1. The highest BCUT2D eigenvalue weighted by atomic mass is 19.4. The normalized spacial score (nSPS) is 13.2. The smallest absolute Gasteiger partial charge is 0.358 e. The van der Waals surface area contributed by atoms with Crippen LogP contribution >= 0.6 is 0 Å². The predicted octanol–water partition coefficient (Wildman–Crippen LogP) is 2.56. The van der Waals surface area contributed by atoms with Crippen molar-refractivity contribution in [3.05, 3.63) is 41.5 Å². The summed E-state index contributed by atoms with van der Waals surface area (Å²) in [6, 6.07) is 6.30. The van der Waals surface area contributed by atoms with Crippen LogP contribution < -0.4 is 5.32 Å². The van der Waals surface area contributed by atoms with Crippen LogP contribution in [0.4, 0.5) is 13.2 Å². The summed E-state index contributed by atoms with van der Waals surface area (Å²) in [5.74, 6) is -3.25. The van der Waals surface area contributed by atoms with Gasteiger partial charge >= 0.3 is 6.18 Å². The summed E-state index contributed by atoms with van der Waals surface area (Å²) in [7, 11) is 1.26. The fourth-order valence-corrected chi connectivity index (χ4v) is 1.84. The Morgan fingerprint density at radius 3 is 2.41 bits per heavy atom. The molecule has 0 radical (unpaired) electrons. The van der Waals surface area contributed by atoms with E-state index < -0.39 is 29.3 Å². The third-order valence-electron chi connectivity index (χ3n) is 2.94. The zero-order valence-electron chi connectivity index (χ0n) is 11.9. The molecule has 0 fully saturated rings. The minimum absolute atomic E-state index is 0.0297. The molecule has 1 unspecified atom stereocenters. The molecule has 0 aliphatic heterocycles. The van der Waals surface area contributed by atoms with Crippen LogP contribution in [-0.4, -0.2) is 18.7 Å². The zero-order valence-corrected chi connectivity index (χ0v) is 11.9. The molecule has 1 amide bonds. The van der Waals surface area contributed by atoms with Crippen LogP contribution in [0.3, 0.4) is 0 Å². The third-order valence-corrected chi connectivity index (χ3v) is 2.94. The number of nitrogens with one attached hydrogen (secondary N) is 1. The van der Waals surface area contributed by atoms with Gasteiger partial charge in [-0.1, -0.05) is 18.2 Å². The summed E-state index contributed by atoms with van der Waals surface area (Å²) in [5.41, 5.74) is -1.02. The van der Waals surface area contributed by atoms with Crippen molar-refractivity contribution in [1.82, 2.24) is 5.32 Å². The number of hydrogen-bond donors (Lipinski definition) is 1. The molecule has 1 N–H and O–H groups in total. The Hall–Kier alpha value is -2.62. The van der Waals surface area contributed by atoms with Crippen molar-refractivity contribution in [2.45, 2.75) is 13.1 Å². The summed E-state index contributed by atoms with van der Waals surface area (Å²) in [6.45, 7) is 1.32. The Labute approximate surface area is 125 Å². The topological polar surface area (TPSA) is 70.0 Å². The monoisotopic (exact) mass is 310 g/mol. The molecular weight excluding hydrogens is 297 g/mol. The average molecular weight is 310 g/mol. The average Bonchev–Trinajstić information content (AvgIpc) is 2.46. The van der Waals surface area contributed by atoms with Crippen LogP contribution in [0.15, 0.2) is 30.3 Å². The number of benzene rings is 1. The number of halogens is 3. The fourth-order valence-electron chi connectivity index (χ4n) is 1.84. The van der Waals surface area contributed by atoms with Gasteiger partial charge in [0.2, 0.25) is 5.91 Å². The van der Waals surface area contributed by atoms with Gasteiger partial charge in [-0.15, -0.1) is 0 Å². The molecule has 1 aromatic rings. The predicted molar refractivity (Wildman–Crippen MR) is 73.3 cm³/mol. The van der Waals surface area contributed by atoms with Crippen molar-refractivity contribution >= 4 is 17.3 Å². The molecule has 4 nitrogen and oxygen atoms in total. The van der Waals surface area contributed by atoms with Crippen molar-refractivity contribution in [2.75, 3.05) is 7.05 Å². The summed E-state index contributed by atoms with van der Waals surface area (Å²) in [6.07, 6.45) is -3.68. The highest BCUT2D eigenvalue weighted by molar-refractivity contribution is 6.11. The lowest BCUT2D eigenvalue weighted by Gasteiger charge is -2.13. The summed E-state index contributed by atoms with van der Waals surface area (Å²) in [5, 5.41) is 11.0. The second-order valence-electron chi connectivity index (χ2n) is 4.45. The molecule has 116 valence electrons. The van der Waals surface area contributed by atoms with E-state index in [0.29, 0.717) is 0 Å². The van der Waals surface area contributed by atoms with E-state index >= 15 is 0 Å².